The van der Waals surface area contributed by atoms with Crippen LogP contribution in [0.5, 0.6) is 0 Å². The Hall–Kier alpha value is -3.33. The van der Waals surface area contributed by atoms with Gasteiger partial charge < -0.3 is 10.3 Å². The van der Waals surface area contributed by atoms with Gasteiger partial charge in [-0.25, -0.2) is 4.98 Å². The molecular formula is C27H29N5O2S. The molecule has 5 rings (SSSR count). The van der Waals surface area contributed by atoms with Gasteiger partial charge in [0.2, 0.25) is 5.91 Å². The zero-order valence-electron chi connectivity index (χ0n) is 20.0. The van der Waals surface area contributed by atoms with E-state index in [4.69, 9.17) is 4.98 Å². The average molecular weight is 488 g/mol. The molecule has 180 valence electrons. The summed E-state index contributed by atoms with van der Waals surface area (Å²) in [4.78, 5) is 39.3. The zero-order chi connectivity index (χ0) is 24.4. The van der Waals surface area contributed by atoms with Crippen LogP contribution in [0.3, 0.4) is 0 Å². The Morgan fingerprint density at radius 2 is 1.69 bits per heavy atom. The van der Waals surface area contributed by atoms with E-state index < -0.39 is 0 Å². The Morgan fingerprint density at radius 3 is 2.40 bits per heavy atom. The minimum atomic E-state index is -0.0924. The molecular weight excluding hydrogens is 458 g/mol. The van der Waals surface area contributed by atoms with Crippen LogP contribution in [-0.2, 0) is 11.3 Å². The van der Waals surface area contributed by atoms with Crippen LogP contribution < -0.4 is 10.9 Å². The Morgan fingerprint density at radius 1 is 1.00 bits per heavy atom. The number of H-pyrrole nitrogens is 1. The molecule has 8 heteroatoms. The maximum absolute atomic E-state index is 12.7. The molecule has 4 aromatic rings. The van der Waals surface area contributed by atoms with Crippen molar-refractivity contribution in [3.8, 4) is 10.4 Å². The lowest BCUT2D eigenvalue weighted by molar-refractivity contribution is -0.117. The van der Waals surface area contributed by atoms with Gasteiger partial charge in [-0.15, -0.1) is 11.3 Å². The zero-order valence-corrected chi connectivity index (χ0v) is 20.8. The molecule has 3 heterocycles. The quantitative estimate of drug-likeness (QED) is 0.429. The number of rotatable bonds is 6. The van der Waals surface area contributed by atoms with Gasteiger partial charge in [-0.05, 0) is 36.6 Å². The summed E-state index contributed by atoms with van der Waals surface area (Å²) in [7, 11) is 0. The molecule has 1 saturated heterocycles. The summed E-state index contributed by atoms with van der Waals surface area (Å²) in [6, 6.07) is 18.0. The van der Waals surface area contributed by atoms with Gasteiger partial charge in [0.15, 0.2) is 0 Å². The number of carbonyl (C=O) groups is 1. The molecule has 0 atom stereocenters. The fourth-order valence-corrected chi connectivity index (χ4v) is 5.56. The largest absolute Gasteiger partial charge is 0.324 e. The molecule has 2 N–H and O–H groups in total. The topological polar surface area (TPSA) is 81.3 Å². The second kappa shape index (κ2) is 10.1. The molecule has 35 heavy (non-hydrogen) atoms. The third-order valence-electron chi connectivity index (χ3n) is 6.46. The molecule has 1 amide bonds. The number of thiophene rings is 1. The highest BCUT2D eigenvalue weighted by molar-refractivity contribution is 7.21. The van der Waals surface area contributed by atoms with Crippen molar-refractivity contribution in [2.24, 2.45) is 0 Å². The molecule has 2 aromatic heterocycles. The second-order valence-corrected chi connectivity index (χ2v) is 10.1. The number of fused-ring (bicyclic) bond motifs is 1. The van der Waals surface area contributed by atoms with E-state index in [1.165, 1.54) is 0 Å². The minimum Gasteiger partial charge on any atom is -0.324 e. The van der Waals surface area contributed by atoms with Crippen LogP contribution in [0.1, 0.15) is 17.0 Å². The highest BCUT2D eigenvalue weighted by Gasteiger charge is 2.21. The Kier molecular flexibility index (Phi) is 6.77. The molecule has 0 spiro atoms. The van der Waals surface area contributed by atoms with Crippen LogP contribution in [0, 0.1) is 13.8 Å². The van der Waals surface area contributed by atoms with Crippen molar-refractivity contribution in [2.75, 3.05) is 38.0 Å². The summed E-state index contributed by atoms with van der Waals surface area (Å²) in [6.07, 6.45) is 0. The summed E-state index contributed by atoms with van der Waals surface area (Å²) >= 11 is 1.55. The van der Waals surface area contributed by atoms with E-state index in [2.05, 4.69) is 20.1 Å². The SMILES string of the molecule is Cc1cccc(C)c1NC(=O)CN1CCN(Cc2nc3sc(-c4ccccc4)cc3c(=O)[nH]2)CC1. The first-order chi connectivity index (χ1) is 17.0. The molecule has 0 aliphatic carbocycles. The fraction of sp³-hybridized carbons (Fsp3) is 0.296. The van der Waals surface area contributed by atoms with Crippen LogP contribution >= 0.6 is 11.3 Å². The summed E-state index contributed by atoms with van der Waals surface area (Å²) in [5, 5.41) is 3.71. The van der Waals surface area contributed by atoms with E-state index in [9.17, 15) is 9.59 Å². The highest BCUT2D eigenvalue weighted by Crippen LogP contribution is 2.30. The highest BCUT2D eigenvalue weighted by atomic mass is 32.1. The Labute approximate surface area is 208 Å². The van der Waals surface area contributed by atoms with Crippen molar-refractivity contribution >= 4 is 33.1 Å². The number of benzene rings is 2. The van der Waals surface area contributed by atoms with Gasteiger partial charge in [0, 0.05) is 36.7 Å². The summed E-state index contributed by atoms with van der Waals surface area (Å²) in [6.45, 7) is 8.21. The molecule has 0 radical (unpaired) electrons. The number of hydrogen-bond donors (Lipinski definition) is 2. The average Bonchev–Trinajstić information content (AvgIpc) is 3.28. The van der Waals surface area contributed by atoms with Crippen LogP contribution in [0.2, 0.25) is 0 Å². The monoisotopic (exact) mass is 487 g/mol. The van der Waals surface area contributed by atoms with E-state index in [1.54, 1.807) is 11.3 Å². The fourth-order valence-electron chi connectivity index (χ4n) is 4.51. The van der Waals surface area contributed by atoms with Crippen molar-refractivity contribution in [2.45, 2.75) is 20.4 Å². The predicted molar refractivity (Wildman–Crippen MR) is 142 cm³/mol. The van der Waals surface area contributed by atoms with Gasteiger partial charge in [0.25, 0.3) is 5.56 Å². The Balaban J connectivity index is 1.18. The lowest BCUT2D eigenvalue weighted by Gasteiger charge is -2.34. The molecule has 0 bridgehead atoms. The molecule has 0 unspecified atom stereocenters. The number of aromatic nitrogens is 2. The number of aryl methyl sites for hydroxylation is 2. The second-order valence-electron chi connectivity index (χ2n) is 9.08. The molecule has 7 nitrogen and oxygen atoms in total. The smallest absolute Gasteiger partial charge is 0.259 e. The van der Waals surface area contributed by atoms with Crippen LogP contribution in [-0.4, -0.2) is 58.4 Å². The lowest BCUT2D eigenvalue weighted by atomic mass is 10.1. The minimum absolute atomic E-state index is 0.0132. The van der Waals surface area contributed by atoms with Gasteiger partial charge in [0.05, 0.1) is 18.5 Å². The van der Waals surface area contributed by atoms with E-state index >= 15 is 0 Å². The molecule has 0 saturated carbocycles. The Bertz CT molecular complexity index is 1380. The summed E-state index contributed by atoms with van der Waals surface area (Å²) < 4.78 is 0. The van der Waals surface area contributed by atoms with Crippen molar-refractivity contribution < 1.29 is 4.79 Å². The number of para-hydroxylation sites is 1. The lowest BCUT2D eigenvalue weighted by Crippen LogP contribution is -2.48. The van der Waals surface area contributed by atoms with Gasteiger partial charge >= 0.3 is 0 Å². The van der Waals surface area contributed by atoms with Crippen molar-refractivity contribution in [3.63, 3.8) is 0 Å². The first-order valence-corrected chi connectivity index (χ1v) is 12.7. The van der Waals surface area contributed by atoms with Crippen molar-refractivity contribution in [1.82, 2.24) is 19.8 Å². The van der Waals surface area contributed by atoms with Crippen molar-refractivity contribution in [1.29, 1.82) is 0 Å². The normalized spacial score (nSPS) is 14.9. The van der Waals surface area contributed by atoms with E-state index in [1.807, 2.05) is 68.4 Å². The predicted octanol–water partition coefficient (Wildman–Crippen LogP) is 4.02. The van der Waals surface area contributed by atoms with Gasteiger partial charge in [-0.3, -0.25) is 19.4 Å². The van der Waals surface area contributed by atoms with Crippen LogP contribution in [0.25, 0.3) is 20.7 Å². The maximum Gasteiger partial charge on any atom is 0.259 e. The summed E-state index contributed by atoms with van der Waals surface area (Å²) in [5.41, 5.74) is 4.05. The number of aromatic amines is 1. The van der Waals surface area contributed by atoms with E-state index in [-0.39, 0.29) is 11.5 Å². The number of hydrogen-bond acceptors (Lipinski definition) is 6. The number of nitrogens with zero attached hydrogens (tertiary/aromatic N) is 3. The third-order valence-corrected chi connectivity index (χ3v) is 7.54. The first-order valence-electron chi connectivity index (χ1n) is 11.9. The van der Waals surface area contributed by atoms with Gasteiger partial charge in [-0.1, -0.05) is 48.5 Å². The maximum atomic E-state index is 12.7. The standard InChI is InChI=1S/C27H29N5O2S/c1-18-7-6-8-19(2)25(18)30-24(33)17-32-13-11-31(12-14-32)16-23-28-26(34)21-15-22(35-27(21)29-23)20-9-4-3-5-10-20/h3-10,15H,11-14,16-17H2,1-2H3,(H,30,33)(H,28,29,34). The van der Waals surface area contributed by atoms with E-state index in [0.717, 1.165) is 58.3 Å². The number of anilines is 1. The molecule has 2 aromatic carbocycles. The van der Waals surface area contributed by atoms with Gasteiger partial charge in [-0.2, -0.15) is 0 Å². The number of amides is 1. The number of carbonyl (C=O) groups excluding carboxylic acids is 1. The third kappa shape index (κ3) is 5.35. The summed E-state index contributed by atoms with van der Waals surface area (Å²) in [5.74, 6) is 0.699. The van der Waals surface area contributed by atoms with Crippen molar-refractivity contribution in [3.05, 3.63) is 81.9 Å². The van der Waals surface area contributed by atoms with Crippen LogP contribution in [0.15, 0.2) is 59.4 Å². The molecule has 1 fully saturated rings. The molecule has 1 aliphatic heterocycles. The van der Waals surface area contributed by atoms with Crippen LogP contribution in [0.4, 0.5) is 5.69 Å². The molecule has 1 aliphatic rings. The number of piperazine rings is 1. The van der Waals surface area contributed by atoms with Gasteiger partial charge in [0.1, 0.15) is 10.7 Å². The van der Waals surface area contributed by atoms with E-state index in [0.29, 0.717) is 24.3 Å². The first kappa shape index (κ1) is 23.4. The number of nitrogens with one attached hydrogen (secondary N) is 2.